The number of carbonyl (C=O) groups excluding carboxylic acids is 1. The fourth-order valence-electron chi connectivity index (χ4n) is 3.75. The van der Waals surface area contributed by atoms with Crippen LogP contribution in [0, 0.1) is 13.8 Å². The Morgan fingerprint density at radius 2 is 1.93 bits per heavy atom. The third-order valence-electron chi connectivity index (χ3n) is 5.09. The van der Waals surface area contributed by atoms with Gasteiger partial charge < -0.3 is 15.2 Å². The third-order valence-corrected chi connectivity index (χ3v) is 5.09. The van der Waals surface area contributed by atoms with E-state index in [1.54, 1.807) is 16.8 Å². The van der Waals surface area contributed by atoms with Crippen molar-refractivity contribution in [3.8, 4) is 11.4 Å². The maximum Gasteiger partial charge on any atom is 0.341 e. The first-order valence-corrected chi connectivity index (χ1v) is 9.34. The zero-order valence-electron chi connectivity index (χ0n) is 16.2. The average Bonchev–Trinajstić information content (AvgIpc) is 3.02. The van der Waals surface area contributed by atoms with Crippen LogP contribution >= 0.6 is 0 Å². The fraction of sp³-hybridized carbons (Fsp3) is 0.227. The molecule has 7 nitrogen and oxygen atoms in total. The maximum atomic E-state index is 12.5. The number of para-hydroxylation sites is 1. The molecule has 0 aliphatic carbocycles. The van der Waals surface area contributed by atoms with E-state index in [2.05, 4.69) is 5.32 Å². The molecule has 1 aromatic heterocycles. The van der Waals surface area contributed by atoms with Crippen LogP contribution in [0.5, 0.6) is 5.75 Å². The van der Waals surface area contributed by atoms with Gasteiger partial charge in [-0.25, -0.2) is 9.48 Å². The Labute approximate surface area is 167 Å². The van der Waals surface area contributed by atoms with E-state index in [1.807, 2.05) is 50.2 Å². The van der Waals surface area contributed by atoms with E-state index < -0.39 is 12.6 Å². The minimum Gasteiger partial charge on any atom is -0.482 e. The number of rotatable bonds is 5. The summed E-state index contributed by atoms with van der Waals surface area (Å²) >= 11 is 0. The van der Waals surface area contributed by atoms with E-state index in [0.717, 1.165) is 28.1 Å². The Morgan fingerprint density at radius 3 is 2.62 bits per heavy atom. The van der Waals surface area contributed by atoms with Crippen molar-refractivity contribution >= 4 is 17.7 Å². The normalized spacial score (nSPS) is 15.5. The van der Waals surface area contributed by atoms with Crippen LogP contribution in [0.15, 0.2) is 48.5 Å². The molecule has 3 aromatic rings. The second-order valence-corrected chi connectivity index (χ2v) is 7.10. The van der Waals surface area contributed by atoms with Gasteiger partial charge in [0.25, 0.3) is 0 Å². The molecule has 1 atom stereocenters. The van der Waals surface area contributed by atoms with Crippen LogP contribution in [0.2, 0.25) is 0 Å². The lowest BCUT2D eigenvalue weighted by atomic mass is 9.86. The molecule has 0 saturated heterocycles. The lowest BCUT2D eigenvalue weighted by molar-refractivity contribution is -0.139. The van der Waals surface area contributed by atoms with Crippen molar-refractivity contribution in [2.75, 3.05) is 11.9 Å². The van der Waals surface area contributed by atoms with Crippen molar-refractivity contribution < 1.29 is 19.4 Å². The Hall–Kier alpha value is -3.61. The molecule has 1 unspecified atom stereocenters. The summed E-state index contributed by atoms with van der Waals surface area (Å²) in [7, 11) is 0. The molecule has 2 N–H and O–H groups in total. The van der Waals surface area contributed by atoms with Gasteiger partial charge in [0.15, 0.2) is 6.61 Å². The van der Waals surface area contributed by atoms with Crippen molar-refractivity contribution in [2.45, 2.75) is 26.2 Å². The lowest BCUT2D eigenvalue weighted by Crippen LogP contribution is -2.25. The summed E-state index contributed by atoms with van der Waals surface area (Å²) in [6.07, 6.45) is 0.322. The largest absolute Gasteiger partial charge is 0.482 e. The number of carbonyl (C=O) groups is 2. The monoisotopic (exact) mass is 391 g/mol. The van der Waals surface area contributed by atoms with Crippen molar-refractivity contribution in [1.82, 2.24) is 9.78 Å². The van der Waals surface area contributed by atoms with Gasteiger partial charge in [0.1, 0.15) is 11.6 Å². The minimum absolute atomic E-state index is 0.0663. The van der Waals surface area contributed by atoms with E-state index in [9.17, 15) is 9.59 Å². The molecule has 2 aromatic carbocycles. The molecule has 0 bridgehead atoms. The van der Waals surface area contributed by atoms with Crippen LogP contribution in [0.4, 0.5) is 5.82 Å². The fourth-order valence-corrected chi connectivity index (χ4v) is 3.75. The van der Waals surface area contributed by atoms with Gasteiger partial charge in [-0.3, -0.25) is 4.79 Å². The molecule has 2 heterocycles. The van der Waals surface area contributed by atoms with Gasteiger partial charge in [0.05, 0.1) is 11.4 Å². The number of ether oxygens (including phenoxy) is 1. The van der Waals surface area contributed by atoms with E-state index in [0.29, 0.717) is 18.0 Å². The molecular formula is C22H21N3O4. The van der Waals surface area contributed by atoms with Crippen molar-refractivity contribution in [3.63, 3.8) is 0 Å². The minimum atomic E-state index is -1.03. The van der Waals surface area contributed by atoms with Crippen LogP contribution in [0.1, 0.15) is 34.7 Å². The molecule has 1 aliphatic heterocycles. The number of hydrogen-bond acceptors (Lipinski definition) is 4. The van der Waals surface area contributed by atoms with Crippen LogP contribution < -0.4 is 10.1 Å². The van der Waals surface area contributed by atoms with Crippen molar-refractivity contribution in [1.29, 1.82) is 0 Å². The number of fused-ring (bicyclic) bond motifs is 1. The highest BCUT2D eigenvalue weighted by molar-refractivity contribution is 5.95. The van der Waals surface area contributed by atoms with Gasteiger partial charge in [0, 0.05) is 17.9 Å². The molecule has 4 rings (SSSR count). The first kappa shape index (κ1) is 18.7. The lowest BCUT2D eigenvalue weighted by Gasteiger charge is -2.24. The maximum absolute atomic E-state index is 12.5. The number of hydrogen-bond donors (Lipinski definition) is 2. The van der Waals surface area contributed by atoms with Crippen molar-refractivity contribution in [3.05, 3.63) is 70.9 Å². The second-order valence-electron chi connectivity index (χ2n) is 7.10. The highest BCUT2D eigenvalue weighted by atomic mass is 16.5. The van der Waals surface area contributed by atoms with Gasteiger partial charge in [0.2, 0.25) is 5.91 Å². The number of nitrogens with one attached hydrogen (secondary N) is 1. The SMILES string of the molecule is Cc1ccccc1-n1nc(C)c2c1NC(=O)CC2c1ccc(OCC(=O)O)cc1. The summed E-state index contributed by atoms with van der Waals surface area (Å²) in [5.41, 5.74) is 4.80. The zero-order valence-corrected chi connectivity index (χ0v) is 16.2. The quantitative estimate of drug-likeness (QED) is 0.695. The standard InChI is InChI=1S/C22H21N3O4/c1-13-5-3-4-6-18(13)25-22-21(14(2)24-25)17(11-19(26)23-22)15-7-9-16(10-8-15)29-12-20(27)28/h3-10,17H,11-12H2,1-2H3,(H,23,26)(H,27,28). The topological polar surface area (TPSA) is 93.5 Å². The van der Waals surface area contributed by atoms with Crippen LogP contribution in [0.25, 0.3) is 5.69 Å². The first-order chi connectivity index (χ1) is 13.9. The Morgan fingerprint density at radius 1 is 1.21 bits per heavy atom. The predicted molar refractivity (Wildman–Crippen MR) is 108 cm³/mol. The number of benzene rings is 2. The number of aromatic nitrogens is 2. The highest BCUT2D eigenvalue weighted by Crippen LogP contribution is 2.40. The van der Waals surface area contributed by atoms with Gasteiger partial charge >= 0.3 is 5.97 Å². The summed E-state index contributed by atoms with van der Waals surface area (Å²) in [4.78, 5) is 23.2. The summed E-state index contributed by atoms with van der Waals surface area (Å²) in [5, 5.41) is 16.4. The van der Waals surface area contributed by atoms with E-state index >= 15 is 0 Å². The molecule has 0 fully saturated rings. The van der Waals surface area contributed by atoms with Gasteiger partial charge in [-0.15, -0.1) is 0 Å². The van der Waals surface area contributed by atoms with E-state index in [1.165, 1.54) is 0 Å². The number of amides is 1. The van der Waals surface area contributed by atoms with E-state index in [-0.39, 0.29) is 11.8 Å². The highest BCUT2D eigenvalue weighted by Gasteiger charge is 2.32. The molecule has 0 saturated carbocycles. The summed E-state index contributed by atoms with van der Waals surface area (Å²) in [5.74, 6) is -0.0522. The zero-order chi connectivity index (χ0) is 20.5. The summed E-state index contributed by atoms with van der Waals surface area (Å²) in [6, 6.07) is 15.1. The van der Waals surface area contributed by atoms with Gasteiger partial charge in [-0.2, -0.15) is 5.10 Å². The van der Waals surface area contributed by atoms with Crippen molar-refractivity contribution in [2.24, 2.45) is 0 Å². The molecule has 1 amide bonds. The molecule has 0 spiro atoms. The average molecular weight is 391 g/mol. The second kappa shape index (κ2) is 7.43. The number of anilines is 1. The number of carboxylic acid groups (broad SMARTS) is 1. The Kier molecular flexibility index (Phi) is 4.80. The van der Waals surface area contributed by atoms with Gasteiger partial charge in [-0.05, 0) is 43.2 Å². The van der Waals surface area contributed by atoms with Crippen LogP contribution in [-0.4, -0.2) is 33.4 Å². The molecule has 148 valence electrons. The van der Waals surface area contributed by atoms with Crippen LogP contribution in [0.3, 0.4) is 0 Å². The number of nitrogens with zero attached hydrogens (tertiary/aromatic N) is 2. The molecule has 1 aliphatic rings. The number of carboxylic acids is 1. The summed E-state index contributed by atoms with van der Waals surface area (Å²) in [6.45, 7) is 3.57. The third kappa shape index (κ3) is 3.59. The van der Waals surface area contributed by atoms with Crippen LogP contribution in [-0.2, 0) is 9.59 Å². The Bertz CT molecular complexity index is 1090. The molecule has 7 heteroatoms. The van der Waals surface area contributed by atoms with Gasteiger partial charge in [-0.1, -0.05) is 30.3 Å². The predicted octanol–water partition coefficient (Wildman–Crippen LogP) is 3.43. The molecule has 29 heavy (non-hydrogen) atoms. The number of aliphatic carboxylic acids is 1. The Balaban J connectivity index is 1.73. The first-order valence-electron chi connectivity index (χ1n) is 9.34. The molecular weight excluding hydrogens is 370 g/mol. The van der Waals surface area contributed by atoms with E-state index in [4.69, 9.17) is 14.9 Å². The number of aryl methyl sites for hydroxylation is 2. The smallest absolute Gasteiger partial charge is 0.341 e. The summed E-state index contributed by atoms with van der Waals surface area (Å²) < 4.78 is 7.00. The molecule has 0 radical (unpaired) electrons.